The van der Waals surface area contributed by atoms with Crippen molar-refractivity contribution in [1.82, 2.24) is 10.2 Å². The van der Waals surface area contributed by atoms with Crippen molar-refractivity contribution >= 4 is 5.91 Å². The third-order valence-corrected chi connectivity index (χ3v) is 4.24. The van der Waals surface area contributed by atoms with Crippen molar-refractivity contribution in [1.29, 1.82) is 0 Å². The fourth-order valence-corrected chi connectivity index (χ4v) is 2.51. The normalized spacial score (nSPS) is 24.5. The summed E-state index contributed by atoms with van der Waals surface area (Å²) in [5.74, 6) is -1.80. The largest absolute Gasteiger partial charge is 0.318 e. The van der Waals surface area contributed by atoms with E-state index in [4.69, 9.17) is 0 Å². The number of amides is 1. The summed E-state index contributed by atoms with van der Waals surface area (Å²) < 4.78 is 26.6. The van der Waals surface area contributed by atoms with E-state index in [2.05, 4.69) is 26.1 Å². The zero-order chi connectivity index (χ0) is 15.9. The zero-order valence-corrected chi connectivity index (χ0v) is 13.1. The van der Waals surface area contributed by atoms with E-state index in [0.29, 0.717) is 5.56 Å². The van der Waals surface area contributed by atoms with Gasteiger partial charge in [0, 0.05) is 6.04 Å². The molecule has 1 aliphatic heterocycles. The number of hydrogen-bond donors (Lipinski definition) is 1. The Morgan fingerprint density at radius 2 is 1.86 bits per heavy atom. The molecule has 0 aliphatic carbocycles. The Hall–Kier alpha value is -1.49. The van der Waals surface area contributed by atoms with Gasteiger partial charge < -0.3 is 4.90 Å². The quantitative estimate of drug-likeness (QED) is 0.909. The monoisotopic (exact) mass is 296 g/mol. The lowest BCUT2D eigenvalue weighted by molar-refractivity contribution is -0.134. The van der Waals surface area contributed by atoms with Crippen LogP contribution in [0.5, 0.6) is 0 Å². The lowest BCUT2D eigenvalue weighted by atomic mass is 9.86. The number of halogens is 2. The van der Waals surface area contributed by atoms with E-state index in [1.165, 1.54) is 6.07 Å². The molecule has 1 aliphatic rings. The Kier molecular flexibility index (Phi) is 4.06. The first-order valence-electron chi connectivity index (χ1n) is 7.16. The number of rotatable bonds is 2. The second-order valence-electron chi connectivity index (χ2n) is 6.75. The molecule has 2 rings (SSSR count). The van der Waals surface area contributed by atoms with Gasteiger partial charge in [-0.15, -0.1) is 0 Å². The fraction of sp³-hybridized carbons (Fsp3) is 0.562. The minimum Gasteiger partial charge on any atom is -0.318 e. The summed E-state index contributed by atoms with van der Waals surface area (Å²) in [6, 6.07) is 3.39. The van der Waals surface area contributed by atoms with Gasteiger partial charge in [0.05, 0.1) is 6.04 Å². The highest BCUT2D eigenvalue weighted by Gasteiger charge is 2.43. The van der Waals surface area contributed by atoms with Crippen molar-refractivity contribution in [2.24, 2.45) is 5.41 Å². The van der Waals surface area contributed by atoms with E-state index in [1.54, 1.807) is 11.8 Å². The van der Waals surface area contributed by atoms with Crippen LogP contribution in [-0.2, 0) is 4.79 Å². The van der Waals surface area contributed by atoms with Crippen molar-refractivity contribution in [3.8, 4) is 0 Å². The van der Waals surface area contributed by atoms with E-state index in [9.17, 15) is 13.6 Å². The summed E-state index contributed by atoms with van der Waals surface area (Å²) >= 11 is 0. The molecule has 3 atom stereocenters. The number of nitrogens with one attached hydrogen (secondary N) is 1. The summed E-state index contributed by atoms with van der Waals surface area (Å²) in [6.45, 7) is 9.91. The Morgan fingerprint density at radius 1 is 1.24 bits per heavy atom. The molecule has 21 heavy (non-hydrogen) atoms. The second-order valence-corrected chi connectivity index (χ2v) is 6.75. The predicted octanol–water partition coefficient (Wildman–Crippen LogP) is 3.22. The minimum atomic E-state index is -0.898. The van der Waals surface area contributed by atoms with Gasteiger partial charge in [-0.05, 0) is 37.0 Å². The molecule has 0 spiro atoms. The van der Waals surface area contributed by atoms with Crippen LogP contribution in [-0.4, -0.2) is 22.9 Å². The van der Waals surface area contributed by atoms with Gasteiger partial charge in [0.15, 0.2) is 11.6 Å². The Labute approximate surface area is 124 Å². The van der Waals surface area contributed by atoms with E-state index in [1.807, 2.05) is 6.92 Å². The smallest absolute Gasteiger partial charge is 0.241 e. The van der Waals surface area contributed by atoms with E-state index < -0.39 is 17.8 Å². The highest BCUT2D eigenvalue weighted by atomic mass is 19.2. The average Bonchev–Trinajstić information content (AvgIpc) is 2.67. The Balaban J connectivity index is 2.40. The van der Waals surface area contributed by atoms with Crippen LogP contribution in [0, 0.1) is 17.0 Å². The molecule has 1 aromatic carbocycles. The third kappa shape index (κ3) is 2.93. The number of carbonyl (C=O) groups is 1. The van der Waals surface area contributed by atoms with Crippen molar-refractivity contribution in [3.05, 3.63) is 35.4 Å². The second kappa shape index (κ2) is 5.37. The molecule has 116 valence electrons. The highest BCUT2D eigenvalue weighted by Crippen LogP contribution is 2.34. The van der Waals surface area contributed by atoms with Crippen molar-refractivity contribution in [2.45, 2.75) is 52.9 Å². The first kappa shape index (κ1) is 15.9. The van der Waals surface area contributed by atoms with Crippen LogP contribution in [0.15, 0.2) is 18.2 Å². The molecule has 0 radical (unpaired) electrons. The van der Waals surface area contributed by atoms with E-state index in [-0.39, 0.29) is 23.4 Å². The molecule has 1 amide bonds. The summed E-state index contributed by atoms with van der Waals surface area (Å²) in [4.78, 5) is 14.2. The minimum absolute atomic E-state index is 0.0211. The Morgan fingerprint density at radius 3 is 2.38 bits per heavy atom. The fourth-order valence-electron chi connectivity index (χ4n) is 2.51. The molecule has 3 unspecified atom stereocenters. The molecular weight excluding hydrogens is 274 g/mol. The van der Waals surface area contributed by atoms with Gasteiger partial charge in [-0.1, -0.05) is 26.8 Å². The first-order chi connectivity index (χ1) is 9.62. The van der Waals surface area contributed by atoms with Crippen LogP contribution in [0.3, 0.4) is 0 Å². The number of benzene rings is 1. The maximum absolute atomic E-state index is 13.5. The number of hydrogen-bond acceptors (Lipinski definition) is 2. The molecule has 1 fully saturated rings. The first-order valence-corrected chi connectivity index (χ1v) is 7.16. The topological polar surface area (TPSA) is 32.3 Å². The van der Waals surface area contributed by atoms with Gasteiger partial charge >= 0.3 is 0 Å². The predicted molar refractivity (Wildman–Crippen MR) is 77.5 cm³/mol. The molecule has 1 N–H and O–H groups in total. The SMILES string of the molecule is CC1NC(c2ccc(F)c(F)c2)N(C(C)C(C)(C)C)C1=O. The van der Waals surface area contributed by atoms with E-state index in [0.717, 1.165) is 12.1 Å². The van der Waals surface area contributed by atoms with Crippen molar-refractivity contribution in [2.75, 3.05) is 0 Å². The van der Waals surface area contributed by atoms with Crippen LogP contribution in [0.25, 0.3) is 0 Å². The summed E-state index contributed by atoms with van der Waals surface area (Å²) in [5.41, 5.74) is 0.445. The number of nitrogens with zero attached hydrogens (tertiary/aromatic N) is 1. The van der Waals surface area contributed by atoms with Crippen LogP contribution >= 0.6 is 0 Å². The lowest BCUT2D eigenvalue weighted by Crippen LogP contribution is -2.45. The molecule has 1 aromatic rings. The standard InChI is InChI=1S/C16H22F2N2O/c1-9-15(21)20(10(2)16(3,4)5)14(19-9)11-6-7-12(17)13(18)8-11/h6-10,14,19H,1-5H3. The molecule has 0 saturated carbocycles. The van der Waals surface area contributed by atoms with Gasteiger partial charge in [0.1, 0.15) is 6.17 Å². The van der Waals surface area contributed by atoms with Crippen LogP contribution in [0.2, 0.25) is 0 Å². The number of carbonyl (C=O) groups excluding carboxylic acids is 1. The molecule has 0 aromatic heterocycles. The third-order valence-electron chi connectivity index (χ3n) is 4.24. The van der Waals surface area contributed by atoms with Crippen molar-refractivity contribution in [3.63, 3.8) is 0 Å². The maximum atomic E-state index is 13.5. The van der Waals surface area contributed by atoms with Gasteiger partial charge in [-0.2, -0.15) is 0 Å². The molecular formula is C16H22F2N2O. The highest BCUT2D eigenvalue weighted by molar-refractivity contribution is 5.84. The van der Waals surface area contributed by atoms with Gasteiger partial charge in [-0.3, -0.25) is 10.1 Å². The molecule has 3 nitrogen and oxygen atoms in total. The molecule has 1 heterocycles. The molecule has 1 saturated heterocycles. The van der Waals surface area contributed by atoms with Gasteiger partial charge in [0.25, 0.3) is 0 Å². The van der Waals surface area contributed by atoms with Crippen LogP contribution < -0.4 is 5.32 Å². The van der Waals surface area contributed by atoms with Gasteiger partial charge in [-0.25, -0.2) is 8.78 Å². The van der Waals surface area contributed by atoms with Crippen LogP contribution in [0.4, 0.5) is 8.78 Å². The van der Waals surface area contributed by atoms with E-state index >= 15 is 0 Å². The Bertz CT molecular complexity index is 554. The summed E-state index contributed by atoms with van der Waals surface area (Å²) in [5, 5.41) is 3.16. The van der Waals surface area contributed by atoms with Crippen molar-refractivity contribution < 1.29 is 13.6 Å². The summed E-state index contributed by atoms with van der Waals surface area (Å²) in [6.07, 6.45) is -0.433. The zero-order valence-electron chi connectivity index (χ0n) is 13.1. The molecule has 5 heteroatoms. The maximum Gasteiger partial charge on any atom is 0.241 e. The molecule has 0 bridgehead atoms. The van der Waals surface area contributed by atoms with Crippen LogP contribution in [0.1, 0.15) is 46.3 Å². The lowest BCUT2D eigenvalue weighted by Gasteiger charge is -2.38. The summed E-state index contributed by atoms with van der Waals surface area (Å²) in [7, 11) is 0. The average molecular weight is 296 g/mol. The van der Waals surface area contributed by atoms with Gasteiger partial charge in [0.2, 0.25) is 5.91 Å².